The average molecular weight is 269 g/mol. The second-order valence-corrected chi connectivity index (χ2v) is 6.72. The maximum atomic E-state index is 3.83. The van der Waals surface area contributed by atoms with Gasteiger partial charge < -0.3 is 5.32 Å². The van der Waals surface area contributed by atoms with Crippen LogP contribution in [0.1, 0.15) is 50.8 Å². The van der Waals surface area contributed by atoms with Crippen molar-refractivity contribution >= 4 is 0 Å². The van der Waals surface area contributed by atoms with Gasteiger partial charge in [-0.25, -0.2) is 0 Å². The van der Waals surface area contributed by atoms with E-state index in [1.54, 1.807) is 0 Å². The summed E-state index contributed by atoms with van der Waals surface area (Å²) in [7, 11) is 0. The summed E-state index contributed by atoms with van der Waals surface area (Å²) in [6.07, 6.45) is 8.79. The van der Waals surface area contributed by atoms with Crippen LogP contribution in [0.15, 0.2) is 36.4 Å². The molecule has 1 nitrogen and oxygen atoms in total. The van der Waals surface area contributed by atoms with Crippen LogP contribution in [-0.4, -0.2) is 6.04 Å². The van der Waals surface area contributed by atoms with Gasteiger partial charge in [-0.2, -0.15) is 0 Å². The van der Waals surface area contributed by atoms with Gasteiger partial charge in [0.25, 0.3) is 0 Å². The van der Waals surface area contributed by atoms with Crippen LogP contribution in [0.3, 0.4) is 0 Å². The number of allylic oxidation sites excluding steroid dienone is 2. The lowest BCUT2D eigenvalue weighted by atomic mass is 9.87. The Hall–Kier alpha value is -1.08. The minimum absolute atomic E-state index is 0.444. The van der Waals surface area contributed by atoms with E-state index in [0.29, 0.717) is 12.1 Å². The molecule has 5 unspecified atom stereocenters. The van der Waals surface area contributed by atoms with Crippen LogP contribution < -0.4 is 5.32 Å². The molecular formula is C19H27N. The lowest BCUT2D eigenvalue weighted by Gasteiger charge is -2.29. The summed E-state index contributed by atoms with van der Waals surface area (Å²) < 4.78 is 0. The van der Waals surface area contributed by atoms with Crippen molar-refractivity contribution in [1.29, 1.82) is 0 Å². The number of aryl methyl sites for hydroxylation is 1. The van der Waals surface area contributed by atoms with Gasteiger partial charge in [0.15, 0.2) is 0 Å². The Labute approximate surface area is 123 Å². The van der Waals surface area contributed by atoms with Crippen LogP contribution in [0.4, 0.5) is 0 Å². The largest absolute Gasteiger partial charge is 0.307 e. The molecule has 2 aliphatic carbocycles. The highest BCUT2D eigenvalue weighted by Gasteiger charge is 2.38. The van der Waals surface area contributed by atoms with E-state index >= 15 is 0 Å². The molecule has 0 spiro atoms. The van der Waals surface area contributed by atoms with Gasteiger partial charge in [-0.15, -0.1) is 0 Å². The summed E-state index contributed by atoms with van der Waals surface area (Å²) in [4.78, 5) is 0. The van der Waals surface area contributed by atoms with Gasteiger partial charge in [0.1, 0.15) is 0 Å². The highest BCUT2D eigenvalue weighted by molar-refractivity contribution is 5.25. The maximum Gasteiger partial charge on any atom is 0.0294 e. The first kappa shape index (κ1) is 13.9. The van der Waals surface area contributed by atoms with Gasteiger partial charge in [0, 0.05) is 12.1 Å². The van der Waals surface area contributed by atoms with Gasteiger partial charge in [0.2, 0.25) is 0 Å². The van der Waals surface area contributed by atoms with E-state index in [1.165, 1.54) is 24.0 Å². The number of hydrogen-bond acceptors (Lipinski definition) is 1. The van der Waals surface area contributed by atoms with E-state index in [-0.39, 0.29) is 0 Å². The van der Waals surface area contributed by atoms with Crippen molar-refractivity contribution in [2.45, 2.75) is 52.1 Å². The molecule has 0 heterocycles. The van der Waals surface area contributed by atoms with Gasteiger partial charge in [-0.1, -0.05) is 43.3 Å². The van der Waals surface area contributed by atoms with E-state index in [9.17, 15) is 0 Å². The predicted octanol–water partition coefficient (Wildman–Crippen LogP) is 4.50. The monoisotopic (exact) mass is 269 g/mol. The van der Waals surface area contributed by atoms with Gasteiger partial charge >= 0.3 is 0 Å². The van der Waals surface area contributed by atoms with Gasteiger partial charge in [-0.05, 0) is 62.0 Å². The quantitative estimate of drug-likeness (QED) is 0.776. The minimum atomic E-state index is 0.444. The Morgan fingerprint density at radius 2 is 1.85 bits per heavy atom. The first-order valence-corrected chi connectivity index (χ1v) is 8.20. The molecule has 2 bridgehead atoms. The molecule has 3 rings (SSSR count). The molecular weight excluding hydrogens is 242 g/mol. The zero-order valence-electron chi connectivity index (χ0n) is 13.0. The third kappa shape index (κ3) is 2.69. The van der Waals surface area contributed by atoms with Gasteiger partial charge in [0.05, 0.1) is 0 Å². The topological polar surface area (TPSA) is 12.0 Å². The van der Waals surface area contributed by atoms with Crippen molar-refractivity contribution in [2.24, 2.45) is 17.8 Å². The molecule has 1 fully saturated rings. The van der Waals surface area contributed by atoms with Crippen LogP contribution in [0.2, 0.25) is 0 Å². The lowest BCUT2D eigenvalue weighted by Crippen LogP contribution is -2.37. The van der Waals surface area contributed by atoms with Crippen molar-refractivity contribution in [3.8, 4) is 0 Å². The number of fused-ring (bicyclic) bond motifs is 2. The van der Waals surface area contributed by atoms with Crippen LogP contribution in [0.25, 0.3) is 0 Å². The highest BCUT2D eigenvalue weighted by Crippen LogP contribution is 2.45. The molecule has 0 aliphatic heterocycles. The number of benzene rings is 1. The normalized spacial score (nSPS) is 30.6. The number of hydrogen-bond donors (Lipinski definition) is 1. The SMILES string of the molecule is CCc1ccc(C(C)NC(C)C2CC3C=CC2C3)cc1. The smallest absolute Gasteiger partial charge is 0.0294 e. The van der Waals surface area contributed by atoms with Crippen molar-refractivity contribution < 1.29 is 0 Å². The molecule has 1 saturated carbocycles. The summed E-state index contributed by atoms with van der Waals surface area (Å²) >= 11 is 0. The third-order valence-corrected chi connectivity index (χ3v) is 5.37. The molecule has 0 saturated heterocycles. The van der Waals surface area contributed by atoms with Crippen LogP contribution >= 0.6 is 0 Å². The molecule has 5 atom stereocenters. The van der Waals surface area contributed by atoms with E-state index < -0.39 is 0 Å². The number of nitrogens with one attached hydrogen (secondary N) is 1. The second kappa shape index (κ2) is 5.73. The van der Waals surface area contributed by atoms with Crippen LogP contribution in [0.5, 0.6) is 0 Å². The second-order valence-electron chi connectivity index (χ2n) is 6.72. The zero-order chi connectivity index (χ0) is 14.1. The van der Waals surface area contributed by atoms with Gasteiger partial charge in [-0.3, -0.25) is 0 Å². The summed E-state index contributed by atoms with van der Waals surface area (Å²) in [6, 6.07) is 10.1. The Morgan fingerprint density at radius 1 is 1.10 bits per heavy atom. The summed E-state index contributed by atoms with van der Waals surface area (Å²) in [6.45, 7) is 6.87. The fraction of sp³-hybridized carbons (Fsp3) is 0.579. The Balaban J connectivity index is 1.60. The fourth-order valence-electron chi connectivity index (χ4n) is 4.05. The Morgan fingerprint density at radius 3 is 2.40 bits per heavy atom. The zero-order valence-corrected chi connectivity index (χ0v) is 13.0. The predicted molar refractivity (Wildman–Crippen MR) is 85.7 cm³/mol. The Bertz CT molecular complexity index is 473. The minimum Gasteiger partial charge on any atom is -0.307 e. The molecule has 2 aliphatic rings. The lowest BCUT2D eigenvalue weighted by molar-refractivity contribution is 0.307. The fourth-order valence-corrected chi connectivity index (χ4v) is 4.05. The highest BCUT2D eigenvalue weighted by atomic mass is 14.9. The summed E-state index contributed by atoms with van der Waals surface area (Å²) in [5.74, 6) is 2.54. The molecule has 0 amide bonds. The average Bonchev–Trinajstić information content (AvgIpc) is 3.10. The summed E-state index contributed by atoms with van der Waals surface area (Å²) in [5.41, 5.74) is 2.83. The summed E-state index contributed by atoms with van der Waals surface area (Å²) in [5, 5.41) is 3.83. The molecule has 1 heteroatoms. The Kier molecular flexibility index (Phi) is 3.98. The van der Waals surface area contributed by atoms with Crippen LogP contribution in [0, 0.1) is 17.8 Å². The van der Waals surface area contributed by atoms with E-state index in [0.717, 1.165) is 24.2 Å². The van der Waals surface area contributed by atoms with E-state index in [2.05, 4.69) is 62.5 Å². The van der Waals surface area contributed by atoms with Crippen molar-refractivity contribution in [2.75, 3.05) is 0 Å². The molecule has 1 N–H and O–H groups in total. The first-order valence-electron chi connectivity index (χ1n) is 8.20. The molecule has 20 heavy (non-hydrogen) atoms. The first-order chi connectivity index (χ1) is 9.67. The van der Waals surface area contributed by atoms with E-state index in [1.807, 2.05) is 0 Å². The third-order valence-electron chi connectivity index (χ3n) is 5.37. The van der Waals surface area contributed by atoms with Crippen molar-refractivity contribution in [3.63, 3.8) is 0 Å². The number of rotatable bonds is 5. The molecule has 0 radical (unpaired) electrons. The molecule has 0 aromatic heterocycles. The van der Waals surface area contributed by atoms with Crippen molar-refractivity contribution in [1.82, 2.24) is 5.32 Å². The van der Waals surface area contributed by atoms with E-state index in [4.69, 9.17) is 0 Å². The maximum absolute atomic E-state index is 3.83. The molecule has 1 aromatic carbocycles. The van der Waals surface area contributed by atoms with Crippen molar-refractivity contribution in [3.05, 3.63) is 47.5 Å². The standard InChI is InChI=1S/C19H27N/c1-4-15-5-8-17(9-6-15)13(2)20-14(3)19-12-16-7-10-18(19)11-16/h5-10,13-14,16,18-20H,4,11-12H2,1-3H3. The molecule has 1 aromatic rings. The van der Waals surface area contributed by atoms with Crippen LogP contribution in [-0.2, 0) is 6.42 Å². The molecule has 108 valence electrons.